The van der Waals surface area contributed by atoms with Crippen molar-refractivity contribution in [2.24, 2.45) is 0 Å². The summed E-state index contributed by atoms with van der Waals surface area (Å²) in [6.07, 6.45) is 1.45. The Balaban J connectivity index is 2.34. The first-order valence-corrected chi connectivity index (χ1v) is 6.60. The van der Waals surface area contributed by atoms with Gasteiger partial charge in [0.05, 0.1) is 16.3 Å². The number of nitrogens with zero attached hydrogens (tertiary/aromatic N) is 1. The monoisotopic (exact) mass is 362 g/mol. The van der Waals surface area contributed by atoms with Crippen LogP contribution in [0.5, 0.6) is 0 Å². The van der Waals surface area contributed by atoms with Gasteiger partial charge < -0.3 is 5.32 Å². The van der Waals surface area contributed by atoms with Gasteiger partial charge in [0.25, 0.3) is 5.91 Å². The highest BCUT2D eigenvalue weighted by atomic mass is 79.9. The van der Waals surface area contributed by atoms with Crippen molar-refractivity contribution in [2.45, 2.75) is 0 Å². The average molecular weight is 364 g/mol. The van der Waals surface area contributed by atoms with Crippen LogP contribution >= 0.6 is 39.1 Å². The fraction of sp³-hybridized carbons (Fsp3) is 0. The van der Waals surface area contributed by atoms with E-state index in [1.807, 2.05) is 0 Å². The first-order valence-electron chi connectivity index (χ1n) is 5.05. The van der Waals surface area contributed by atoms with E-state index in [1.165, 1.54) is 30.5 Å². The summed E-state index contributed by atoms with van der Waals surface area (Å²) in [5.41, 5.74) is 0.0283. The molecule has 0 aliphatic heterocycles. The number of nitrogens with one attached hydrogen (secondary N) is 1. The van der Waals surface area contributed by atoms with Gasteiger partial charge in [-0.25, -0.2) is 9.37 Å². The zero-order valence-corrected chi connectivity index (χ0v) is 12.4. The molecule has 0 unspecified atom stereocenters. The Morgan fingerprint density at radius 3 is 2.79 bits per heavy atom. The quantitative estimate of drug-likeness (QED) is 0.795. The first-order chi connectivity index (χ1) is 8.99. The van der Waals surface area contributed by atoms with Gasteiger partial charge in [-0.15, -0.1) is 0 Å². The summed E-state index contributed by atoms with van der Waals surface area (Å²) in [4.78, 5) is 15.8. The van der Waals surface area contributed by atoms with Gasteiger partial charge in [0, 0.05) is 10.7 Å². The van der Waals surface area contributed by atoms with Crippen LogP contribution in [-0.4, -0.2) is 10.9 Å². The molecule has 0 saturated carbocycles. The number of amides is 1. The molecule has 1 N–H and O–H groups in total. The molecule has 3 nitrogen and oxygen atoms in total. The number of rotatable bonds is 2. The fourth-order valence-electron chi connectivity index (χ4n) is 1.38. The van der Waals surface area contributed by atoms with Gasteiger partial charge in [-0.1, -0.05) is 29.3 Å². The Hall–Kier alpha value is -1.17. The van der Waals surface area contributed by atoms with Crippen molar-refractivity contribution in [1.82, 2.24) is 4.98 Å². The molecule has 0 saturated heterocycles. The molecule has 0 spiro atoms. The van der Waals surface area contributed by atoms with E-state index in [0.29, 0.717) is 4.47 Å². The Bertz CT molecular complexity index is 631. The minimum atomic E-state index is -0.625. The maximum absolute atomic E-state index is 13.5. The van der Waals surface area contributed by atoms with Gasteiger partial charge in [-0.2, -0.15) is 0 Å². The smallest absolute Gasteiger partial charge is 0.258 e. The standard InChI is InChI=1S/C12H6BrCl2FN2O/c13-6-4-7(11(15)17-5-6)12(19)18-10-8(14)2-1-3-9(10)16/h1-5H,(H,18,19). The molecule has 1 aromatic heterocycles. The second-order valence-corrected chi connectivity index (χ2v) is 5.22. The summed E-state index contributed by atoms with van der Waals surface area (Å²) in [7, 11) is 0. The predicted octanol–water partition coefficient (Wildman–Crippen LogP) is 4.54. The van der Waals surface area contributed by atoms with Gasteiger partial charge >= 0.3 is 0 Å². The topological polar surface area (TPSA) is 42.0 Å². The van der Waals surface area contributed by atoms with Crippen LogP contribution in [-0.2, 0) is 0 Å². The van der Waals surface area contributed by atoms with Gasteiger partial charge in [0.15, 0.2) is 0 Å². The van der Waals surface area contributed by atoms with Crippen molar-refractivity contribution in [2.75, 3.05) is 5.32 Å². The Kier molecular flexibility index (Phi) is 4.39. The number of pyridine rings is 1. The molecule has 2 aromatic rings. The molecule has 1 heterocycles. The lowest BCUT2D eigenvalue weighted by Crippen LogP contribution is -2.14. The van der Waals surface area contributed by atoms with Crippen LogP contribution in [0, 0.1) is 5.82 Å². The molecule has 1 aromatic carbocycles. The summed E-state index contributed by atoms with van der Waals surface area (Å²) in [5, 5.41) is 2.50. The zero-order chi connectivity index (χ0) is 14.0. The summed E-state index contributed by atoms with van der Waals surface area (Å²) < 4.78 is 14.1. The van der Waals surface area contributed by atoms with E-state index in [2.05, 4.69) is 26.2 Å². The van der Waals surface area contributed by atoms with E-state index >= 15 is 0 Å². The molecular weight excluding hydrogens is 358 g/mol. The van der Waals surface area contributed by atoms with E-state index in [0.717, 1.165) is 0 Å². The van der Waals surface area contributed by atoms with Crippen molar-refractivity contribution in [3.8, 4) is 0 Å². The Morgan fingerprint density at radius 1 is 1.37 bits per heavy atom. The van der Waals surface area contributed by atoms with Crippen molar-refractivity contribution in [3.05, 3.63) is 56.5 Å². The number of para-hydroxylation sites is 1. The zero-order valence-electron chi connectivity index (χ0n) is 9.25. The highest BCUT2D eigenvalue weighted by molar-refractivity contribution is 9.10. The summed E-state index contributed by atoms with van der Waals surface area (Å²) in [6, 6.07) is 5.60. The van der Waals surface area contributed by atoms with Crippen molar-refractivity contribution < 1.29 is 9.18 Å². The maximum atomic E-state index is 13.5. The van der Waals surface area contributed by atoms with Crippen LogP contribution in [0.2, 0.25) is 10.2 Å². The number of halogens is 4. The van der Waals surface area contributed by atoms with Crippen molar-refractivity contribution in [3.63, 3.8) is 0 Å². The van der Waals surface area contributed by atoms with Crippen molar-refractivity contribution >= 4 is 50.7 Å². The van der Waals surface area contributed by atoms with Crippen LogP contribution in [0.25, 0.3) is 0 Å². The molecule has 0 atom stereocenters. The molecule has 1 amide bonds. The predicted molar refractivity (Wildman–Crippen MR) is 76.3 cm³/mol. The van der Waals surface area contributed by atoms with Gasteiger partial charge in [0.1, 0.15) is 11.0 Å². The second-order valence-electron chi connectivity index (χ2n) is 3.54. The minimum Gasteiger partial charge on any atom is -0.318 e. The second kappa shape index (κ2) is 5.86. The molecule has 0 radical (unpaired) electrons. The van der Waals surface area contributed by atoms with E-state index < -0.39 is 11.7 Å². The molecular formula is C12H6BrCl2FN2O. The van der Waals surface area contributed by atoms with Crippen LogP contribution in [0.1, 0.15) is 10.4 Å². The van der Waals surface area contributed by atoms with Gasteiger partial charge in [-0.3, -0.25) is 4.79 Å². The lowest BCUT2D eigenvalue weighted by atomic mass is 10.2. The normalized spacial score (nSPS) is 10.3. The van der Waals surface area contributed by atoms with Crippen LogP contribution < -0.4 is 5.32 Å². The van der Waals surface area contributed by atoms with E-state index in [4.69, 9.17) is 23.2 Å². The lowest BCUT2D eigenvalue weighted by molar-refractivity contribution is 0.102. The Labute approximate surface area is 126 Å². The summed E-state index contributed by atoms with van der Waals surface area (Å²) in [5.74, 6) is -1.22. The molecule has 19 heavy (non-hydrogen) atoms. The molecule has 7 heteroatoms. The molecule has 98 valence electrons. The third-order valence-corrected chi connectivity index (χ3v) is 3.30. The SMILES string of the molecule is O=C(Nc1c(F)cccc1Cl)c1cc(Br)cnc1Cl. The number of carbonyl (C=O) groups is 1. The molecule has 0 fully saturated rings. The number of benzene rings is 1. The third-order valence-electron chi connectivity index (χ3n) is 2.25. The fourth-order valence-corrected chi connectivity index (χ4v) is 2.11. The number of hydrogen-bond acceptors (Lipinski definition) is 2. The number of hydrogen-bond donors (Lipinski definition) is 1. The molecule has 0 bridgehead atoms. The molecule has 0 aliphatic rings. The first kappa shape index (κ1) is 14.2. The highest BCUT2D eigenvalue weighted by Gasteiger charge is 2.16. The van der Waals surface area contributed by atoms with Crippen LogP contribution in [0.3, 0.4) is 0 Å². The van der Waals surface area contributed by atoms with Crippen LogP contribution in [0.15, 0.2) is 34.9 Å². The lowest BCUT2D eigenvalue weighted by Gasteiger charge is -2.09. The average Bonchev–Trinajstić information content (AvgIpc) is 2.37. The Morgan fingerprint density at radius 2 is 2.11 bits per heavy atom. The summed E-state index contributed by atoms with van der Waals surface area (Å²) in [6.45, 7) is 0. The molecule has 2 rings (SSSR count). The number of anilines is 1. The van der Waals surface area contributed by atoms with Crippen LogP contribution in [0.4, 0.5) is 10.1 Å². The van der Waals surface area contributed by atoms with Gasteiger partial charge in [0.2, 0.25) is 0 Å². The molecule has 0 aliphatic carbocycles. The summed E-state index contributed by atoms with van der Waals surface area (Å²) >= 11 is 14.8. The maximum Gasteiger partial charge on any atom is 0.258 e. The van der Waals surface area contributed by atoms with Gasteiger partial charge in [-0.05, 0) is 34.1 Å². The largest absolute Gasteiger partial charge is 0.318 e. The van der Waals surface area contributed by atoms with E-state index in [9.17, 15) is 9.18 Å². The van der Waals surface area contributed by atoms with E-state index in [1.54, 1.807) is 0 Å². The number of carbonyl (C=O) groups excluding carboxylic acids is 1. The van der Waals surface area contributed by atoms with Crippen molar-refractivity contribution in [1.29, 1.82) is 0 Å². The number of aromatic nitrogens is 1. The third kappa shape index (κ3) is 3.23. The highest BCUT2D eigenvalue weighted by Crippen LogP contribution is 2.26. The minimum absolute atomic E-state index is 0.0214. The van der Waals surface area contributed by atoms with E-state index in [-0.39, 0.29) is 21.4 Å².